The van der Waals surface area contributed by atoms with Gasteiger partial charge >= 0.3 is 0 Å². The fourth-order valence-electron chi connectivity index (χ4n) is 1.64. The molecule has 0 fully saturated rings. The van der Waals surface area contributed by atoms with Gasteiger partial charge in [-0.15, -0.1) is 0 Å². The number of hydrogen-bond acceptors (Lipinski definition) is 4. The number of aliphatic hydroxyl groups is 1. The summed E-state index contributed by atoms with van der Waals surface area (Å²) in [6.07, 6.45) is 0.607. The molecule has 0 heterocycles. The maximum atomic E-state index is 12.2. The van der Waals surface area contributed by atoms with Gasteiger partial charge in [0.15, 0.2) is 11.5 Å². The van der Waals surface area contributed by atoms with E-state index in [9.17, 15) is 9.90 Å². The van der Waals surface area contributed by atoms with Gasteiger partial charge in [-0.1, -0.05) is 18.5 Å². The third-order valence-corrected chi connectivity index (χ3v) is 3.52. The van der Waals surface area contributed by atoms with E-state index >= 15 is 0 Å². The molecule has 2 N–H and O–H groups in total. The van der Waals surface area contributed by atoms with Gasteiger partial charge in [0, 0.05) is 5.56 Å². The quantitative estimate of drug-likeness (QED) is 0.845. The van der Waals surface area contributed by atoms with Crippen molar-refractivity contribution in [3.63, 3.8) is 0 Å². The lowest BCUT2D eigenvalue weighted by atomic mass is 9.99. The van der Waals surface area contributed by atoms with Crippen LogP contribution in [0.3, 0.4) is 0 Å². The predicted molar refractivity (Wildman–Crippen MR) is 77.8 cm³/mol. The lowest BCUT2D eigenvalue weighted by Gasteiger charge is -2.27. The number of amides is 1. The Kier molecular flexibility index (Phi) is 5.65. The van der Waals surface area contributed by atoms with Gasteiger partial charge in [-0.05, 0) is 25.5 Å². The first-order valence-electron chi connectivity index (χ1n) is 6.25. The minimum Gasteiger partial charge on any atom is -0.493 e. The Morgan fingerprint density at radius 3 is 2.50 bits per heavy atom. The highest BCUT2D eigenvalue weighted by Gasteiger charge is 2.25. The van der Waals surface area contributed by atoms with Crippen LogP contribution in [0.15, 0.2) is 12.1 Å². The molecule has 20 heavy (non-hydrogen) atoms. The molecule has 0 radical (unpaired) electrons. The van der Waals surface area contributed by atoms with E-state index in [1.54, 1.807) is 13.0 Å². The van der Waals surface area contributed by atoms with Gasteiger partial charge in [-0.25, -0.2) is 0 Å². The van der Waals surface area contributed by atoms with Crippen LogP contribution in [-0.2, 0) is 0 Å². The molecule has 1 rings (SSSR count). The van der Waals surface area contributed by atoms with Gasteiger partial charge in [0.1, 0.15) is 0 Å². The van der Waals surface area contributed by atoms with E-state index in [-0.39, 0.29) is 12.5 Å². The molecule has 1 amide bonds. The molecule has 5 nitrogen and oxygen atoms in total. The summed E-state index contributed by atoms with van der Waals surface area (Å²) >= 11 is 6.06. The molecule has 1 aromatic rings. The Balaban J connectivity index is 3.08. The summed E-state index contributed by atoms with van der Waals surface area (Å²) in [5, 5.41) is 12.4. The van der Waals surface area contributed by atoms with E-state index in [1.165, 1.54) is 20.3 Å². The summed E-state index contributed by atoms with van der Waals surface area (Å²) in [6, 6.07) is 3.05. The zero-order valence-corrected chi connectivity index (χ0v) is 12.9. The lowest BCUT2D eigenvalue weighted by molar-refractivity contribution is 0.0847. The maximum absolute atomic E-state index is 12.2. The van der Waals surface area contributed by atoms with Gasteiger partial charge in [-0.3, -0.25) is 4.79 Å². The predicted octanol–water partition coefficient (Wildman–Crippen LogP) is 2.25. The van der Waals surface area contributed by atoms with Crippen molar-refractivity contribution in [2.45, 2.75) is 25.8 Å². The van der Waals surface area contributed by atoms with Crippen LogP contribution in [0.2, 0.25) is 5.02 Å². The van der Waals surface area contributed by atoms with Crippen molar-refractivity contribution in [2.75, 3.05) is 20.8 Å². The van der Waals surface area contributed by atoms with Crippen molar-refractivity contribution < 1.29 is 19.4 Å². The van der Waals surface area contributed by atoms with E-state index in [1.807, 2.05) is 6.92 Å². The van der Waals surface area contributed by atoms with Crippen molar-refractivity contribution in [1.82, 2.24) is 5.32 Å². The molecule has 0 aliphatic heterocycles. The molecule has 112 valence electrons. The molecule has 0 aliphatic carbocycles. The fourth-order valence-corrected chi connectivity index (χ4v) is 1.92. The molecule has 1 atom stereocenters. The van der Waals surface area contributed by atoms with Gasteiger partial charge in [0.05, 0.1) is 31.4 Å². The minimum atomic E-state index is -0.670. The highest BCUT2D eigenvalue weighted by atomic mass is 35.5. The number of aliphatic hydroxyl groups excluding tert-OH is 1. The van der Waals surface area contributed by atoms with Crippen molar-refractivity contribution in [3.8, 4) is 11.5 Å². The zero-order chi connectivity index (χ0) is 15.3. The third kappa shape index (κ3) is 3.55. The highest BCUT2D eigenvalue weighted by molar-refractivity contribution is 6.32. The normalized spacial score (nSPS) is 13.5. The summed E-state index contributed by atoms with van der Waals surface area (Å²) < 4.78 is 10.3. The SMILES string of the molecule is CCC(C)(CO)NC(=O)c1cc(Cl)c(OC)c(OC)c1. The Labute approximate surface area is 123 Å². The minimum absolute atomic E-state index is 0.143. The second-order valence-electron chi connectivity index (χ2n) is 4.72. The van der Waals surface area contributed by atoms with Gasteiger partial charge < -0.3 is 19.9 Å². The van der Waals surface area contributed by atoms with Crippen molar-refractivity contribution in [3.05, 3.63) is 22.7 Å². The largest absolute Gasteiger partial charge is 0.493 e. The van der Waals surface area contributed by atoms with Crippen LogP contribution < -0.4 is 14.8 Å². The fraction of sp³-hybridized carbons (Fsp3) is 0.500. The van der Waals surface area contributed by atoms with Crippen LogP contribution in [0.4, 0.5) is 0 Å². The number of ether oxygens (including phenoxy) is 2. The Morgan fingerprint density at radius 1 is 1.40 bits per heavy atom. The monoisotopic (exact) mass is 301 g/mol. The molecule has 0 aliphatic rings. The average Bonchev–Trinajstić information content (AvgIpc) is 2.45. The first-order valence-corrected chi connectivity index (χ1v) is 6.63. The first-order chi connectivity index (χ1) is 9.40. The molecule has 0 aromatic heterocycles. The summed E-state index contributed by atoms with van der Waals surface area (Å²) in [7, 11) is 2.95. The molecular formula is C14H20ClNO4. The number of methoxy groups -OCH3 is 2. The summed E-state index contributed by atoms with van der Waals surface area (Å²) in [6.45, 7) is 3.52. The van der Waals surface area contributed by atoms with Gasteiger partial charge in [0.25, 0.3) is 5.91 Å². The topological polar surface area (TPSA) is 67.8 Å². The number of halogens is 1. The van der Waals surface area contributed by atoms with Gasteiger partial charge in [0.2, 0.25) is 0 Å². The van der Waals surface area contributed by atoms with Crippen molar-refractivity contribution in [1.29, 1.82) is 0 Å². The summed E-state index contributed by atoms with van der Waals surface area (Å²) in [4.78, 5) is 12.2. The Bertz CT molecular complexity index is 486. The van der Waals surface area contributed by atoms with Crippen LogP contribution >= 0.6 is 11.6 Å². The lowest BCUT2D eigenvalue weighted by Crippen LogP contribution is -2.48. The first kappa shape index (κ1) is 16.6. The van der Waals surface area contributed by atoms with E-state index < -0.39 is 5.54 Å². The Hall–Kier alpha value is -1.46. The van der Waals surface area contributed by atoms with Crippen LogP contribution in [0.1, 0.15) is 30.6 Å². The van der Waals surface area contributed by atoms with E-state index in [0.29, 0.717) is 28.5 Å². The molecule has 0 spiro atoms. The number of nitrogens with one attached hydrogen (secondary N) is 1. The molecule has 0 saturated heterocycles. The van der Waals surface area contributed by atoms with E-state index in [0.717, 1.165) is 0 Å². The molecule has 6 heteroatoms. The summed E-state index contributed by atoms with van der Waals surface area (Å²) in [5.74, 6) is 0.435. The number of carbonyl (C=O) groups excluding carboxylic acids is 1. The van der Waals surface area contributed by atoms with Crippen LogP contribution in [0.25, 0.3) is 0 Å². The number of carbonyl (C=O) groups is 1. The second kappa shape index (κ2) is 6.81. The molecule has 0 saturated carbocycles. The van der Waals surface area contributed by atoms with Gasteiger partial charge in [-0.2, -0.15) is 0 Å². The van der Waals surface area contributed by atoms with E-state index in [4.69, 9.17) is 21.1 Å². The van der Waals surface area contributed by atoms with Crippen LogP contribution in [-0.4, -0.2) is 37.4 Å². The number of benzene rings is 1. The second-order valence-corrected chi connectivity index (χ2v) is 5.13. The maximum Gasteiger partial charge on any atom is 0.251 e. The van der Waals surface area contributed by atoms with E-state index in [2.05, 4.69) is 5.32 Å². The molecule has 0 bridgehead atoms. The molecular weight excluding hydrogens is 282 g/mol. The van der Waals surface area contributed by atoms with Crippen LogP contribution in [0, 0.1) is 0 Å². The summed E-state index contributed by atoms with van der Waals surface area (Å²) in [5.41, 5.74) is -0.322. The van der Waals surface area contributed by atoms with Crippen LogP contribution in [0.5, 0.6) is 11.5 Å². The molecule has 1 unspecified atom stereocenters. The van der Waals surface area contributed by atoms with Crippen molar-refractivity contribution >= 4 is 17.5 Å². The standard InChI is InChI=1S/C14H20ClNO4/c1-5-14(2,8-17)16-13(18)9-6-10(15)12(20-4)11(7-9)19-3/h6-7,17H,5,8H2,1-4H3,(H,16,18). The third-order valence-electron chi connectivity index (χ3n) is 3.24. The number of rotatable bonds is 6. The Morgan fingerprint density at radius 2 is 2.05 bits per heavy atom. The zero-order valence-electron chi connectivity index (χ0n) is 12.1. The highest BCUT2D eigenvalue weighted by Crippen LogP contribution is 2.36. The van der Waals surface area contributed by atoms with Crippen molar-refractivity contribution in [2.24, 2.45) is 0 Å². The average molecular weight is 302 g/mol. The molecule has 1 aromatic carbocycles. The number of hydrogen-bond donors (Lipinski definition) is 2. The smallest absolute Gasteiger partial charge is 0.251 e.